The minimum atomic E-state index is 0.777. The number of hydrogen-bond acceptors (Lipinski definition) is 3. The Hall–Kier alpha value is -1.16. The molecule has 3 nitrogen and oxygen atoms in total. The molecule has 0 aliphatic heterocycles. The summed E-state index contributed by atoms with van der Waals surface area (Å²) >= 11 is 1.90. The van der Waals surface area contributed by atoms with Crippen LogP contribution in [0.1, 0.15) is 19.2 Å². The summed E-state index contributed by atoms with van der Waals surface area (Å²) in [6.07, 6.45) is 1.21. The van der Waals surface area contributed by atoms with Gasteiger partial charge in [0.25, 0.3) is 0 Å². The van der Waals surface area contributed by atoms with Gasteiger partial charge in [-0.05, 0) is 30.4 Å². The Balaban J connectivity index is 2.16. The molecule has 0 saturated carbocycles. The Bertz CT molecular complexity index is 450. The first kappa shape index (κ1) is 10.4. The second kappa shape index (κ2) is 4.57. The summed E-state index contributed by atoms with van der Waals surface area (Å²) in [5.74, 6) is 3.16. The SMILES string of the molecule is CCCSCc1nc2ccc(N)cc2[nH]1. The van der Waals surface area contributed by atoms with Gasteiger partial charge in [-0.15, -0.1) is 0 Å². The highest BCUT2D eigenvalue weighted by atomic mass is 32.2. The van der Waals surface area contributed by atoms with E-state index in [1.54, 1.807) is 0 Å². The van der Waals surface area contributed by atoms with Gasteiger partial charge in [-0.25, -0.2) is 4.98 Å². The number of nitrogens with two attached hydrogens (primary N) is 1. The zero-order chi connectivity index (χ0) is 10.7. The number of nitrogen functional groups attached to an aromatic ring is 1. The van der Waals surface area contributed by atoms with E-state index in [2.05, 4.69) is 16.9 Å². The fourth-order valence-corrected chi connectivity index (χ4v) is 2.22. The van der Waals surface area contributed by atoms with E-state index in [1.807, 2.05) is 30.0 Å². The van der Waals surface area contributed by atoms with E-state index in [0.29, 0.717) is 0 Å². The van der Waals surface area contributed by atoms with Crippen LogP contribution in [0.5, 0.6) is 0 Å². The Kier molecular flexibility index (Phi) is 3.16. The first-order valence-corrected chi connectivity index (χ1v) is 6.27. The molecule has 0 aliphatic carbocycles. The molecule has 2 aromatic rings. The summed E-state index contributed by atoms with van der Waals surface area (Å²) in [7, 11) is 0. The third kappa shape index (κ3) is 2.45. The Morgan fingerprint density at radius 2 is 2.33 bits per heavy atom. The van der Waals surface area contributed by atoms with Gasteiger partial charge in [0.1, 0.15) is 5.82 Å². The van der Waals surface area contributed by atoms with Gasteiger partial charge in [0, 0.05) is 5.69 Å². The van der Waals surface area contributed by atoms with E-state index in [0.717, 1.165) is 28.3 Å². The molecule has 0 amide bonds. The van der Waals surface area contributed by atoms with Gasteiger partial charge < -0.3 is 10.7 Å². The van der Waals surface area contributed by atoms with Crippen molar-refractivity contribution in [2.45, 2.75) is 19.1 Å². The van der Waals surface area contributed by atoms with Gasteiger partial charge in [0.15, 0.2) is 0 Å². The van der Waals surface area contributed by atoms with Gasteiger partial charge in [-0.1, -0.05) is 6.92 Å². The van der Waals surface area contributed by atoms with E-state index in [1.165, 1.54) is 12.2 Å². The number of thioether (sulfide) groups is 1. The number of nitrogens with one attached hydrogen (secondary N) is 1. The number of hydrogen-bond donors (Lipinski definition) is 2. The molecule has 3 N–H and O–H groups in total. The van der Waals surface area contributed by atoms with Crippen LogP contribution in [-0.2, 0) is 5.75 Å². The van der Waals surface area contributed by atoms with Gasteiger partial charge >= 0.3 is 0 Å². The number of anilines is 1. The van der Waals surface area contributed by atoms with Crippen LogP contribution in [0.4, 0.5) is 5.69 Å². The summed E-state index contributed by atoms with van der Waals surface area (Å²) < 4.78 is 0. The van der Waals surface area contributed by atoms with Crippen LogP contribution in [0.2, 0.25) is 0 Å². The molecule has 1 heterocycles. The van der Waals surface area contributed by atoms with Crippen LogP contribution >= 0.6 is 11.8 Å². The zero-order valence-corrected chi connectivity index (χ0v) is 9.60. The predicted molar refractivity (Wildman–Crippen MR) is 67.0 cm³/mol. The Labute approximate surface area is 93.5 Å². The number of H-pyrrole nitrogens is 1. The Morgan fingerprint density at radius 3 is 3.13 bits per heavy atom. The minimum Gasteiger partial charge on any atom is -0.399 e. The number of rotatable bonds is 4. The normalized spacial score (nSPS) is 11.0. The van der Waals surface area contributed by atoms with E-state index in [-0.39, 0.29) is 0 Å². The van der Waals surface area contributed by atoms with Crippen LogP contribution in [-0.4, -0.2) is 15.7 Å². The lowest BCUT2D eigenvalue weighted by Crippen LogP contribution is -1.84. The maximum atomic E-state index is 5.70. The molecule has 0 radical (unpaired) electrons. The first-order valence-electron chi connectivity index (χ1n) is 5.11. The maximum Gasteiger partial charge on any atom is 0.117 e. The summed E-state index contributed by atoms with van der Waals surface area (Å²) in [5.41, 5.74) is 8.50. The van der Waals surface area contributed by atoms with Crippen molar-refractivity contribution in [3.05, 3.63) is 24.0 Å². The number of fused-ring (bicyclic) bond motifs is 1. The van der Waals surface area contributed by atoms with Crippen molar-refractivity contribution in [3.8, 4) is 0 Å². The van der Waals surface area contributed by atoms with Crippen LogP contribution in [0.3, 0.4) is 0 Å². The molecule has 15 heavy (non-hydrogen) atoms. The van der Waals surface area contributed by atoms with Crippen molar-refractivity contribution in [1.29, 1.82) is 0 Å². The fraction of sp³-hybridized carbons (Fsp3) is 0.364. The number of nitrogens with zero attached hydrogens (tertiary/aromatic N) is 1. The van der Waals surface area contributed by atoms with Crippen molar-refractivity contribution in [2.24, 2.45) is 0 Å². The second-order valence-electron chi connectivity index (χ2n) is 3.51. The highest BCUT2D eigenvalue weighted by molar-refractivity contribution is 7.98. The van der Waals surface area contributed by atoms with Crippen LogP contribution in [0, 0.1) is 0 Å². The third-order valence-electron chi connectivity index (χ3n) is 2.14. The van der Waals surface area contributed by atoms with Crippen molar-refractivity contribution in [2.75, 3.05) is 11.5 Å². The summed E-state index contributed by atoms with van der Waals surface area (Å²) in [6.45, 7) is 2.19. The van der Waals surface area contributed by atoms with Crippen molar-refractivity contribution in [1.82, 2.24) is 9.97 Å². The largest absolute Gasteiger partial charge is 0.399 e. The molecule has 0 saturated heterocycles. The maximum absolute atomic E-state index is 5.70. The molecule has 0 aliphatic rings. The monoisotopic (exact) mass is 221 g/mol. The molecule has 1 aromatic carbocycles. The second-order valence-corrected chi connectivity index (χ2v) is 4.62. The molecule has 0 bridgehead atoms. The average Bonchev–Trinajstić information content (AvgIpc) is 2.60. The molecule has 0 spiro atoms. The molecular weight excluding hydrogens is 206 g/mol. The molecule has 0 fully saturated rings. The fourth-order valence-electron chi connectivity index (χ4n) is 1.46. The lowest BCUT2D eigenvalue weighted by molar-refractivity contribution is 1.09. The topological polar surface area (TPSA) is 54.7 Å². The zero-order valence-electron chi connectivity index (χ0n) is 8.79. The van der Waals surface area contributed by atoms with Crippen LogP contribution in [0.25, 0.3) is 11.0 Å². The number of aromatic amines is 1. The van der Waals surface area contributed by atoms with Crippen LogP contribution in [0.15, 0.2) is 18.2 Å². The lowest BCUT2D eigenvalue weighted by atomic mass is 10.3. The molecule has 0 atom stereocenters. The molecule has 2 rings (SSSR count). The standard InChI is InChI=1S/C11H15N3S/c1-2-5-15-7-11-13-9-4-3-8(12)6-10(9)14-11/h3-4,6H,2,5,7,12H2,1H3,(H,13,14). The van der Waals surface area contributed by atoms with Crippen molar-refractivity contribution in [3.63, 3.8) is 0 Å². The summed E-state index contributed by atoms with van der Waals surface area (Å²) in [4.78, 5) is 7.78. The van der Waals surface area contributed by atoms with Gasteiger partial charge in [-0.2, -0.15) is 11.8 Å². The molecule has 1 aromatic heterocycles. The van der Waals surface area contributed by atoms with Crippen molar-refractivity contribution < 1.29 is 0 Å². The van der Waals surface area contributed by atoms with Gasteiger partial charge in [-0.3, -0.25) is 0 Å². The van der Waals surface area contributed by atoms with Gasteiger partial charge in [0.2, 0.25) is 0 Å². The highest BCUT2D eigenvalue weighted by Crippen LogP contribution is 2.17. The Morgan fingerprint density at radius 1 is 1.47 bits per heavy atom. The van der Waals surface area contributed by atoms with E-state index in [9.17, 15) is 0 Å². The predicted octanol–water partition coefficient (Wildman–Crippen LogP) is 2.79. The number of aromatic nitrogens is 2. The first-order chi connectivity index (χ1) is 7.29. The number of benzene rings is 1. The lowest BCUT2D eigenvalue weighted by Gasteiger charge is -1.94. The summed E-state index contributed by atoms with van der Waals surface area (Å²) in [5, 5.41) is 0. The average molecular weight is 221 g/mol. The van der Waals surface area contributed by atoms with E-state index in [4.69, 9.17) is 5.73 Å². The molecule has 4 heteroatoms. The number of imidazole rings is 1. The van der Waals surface area contributed by atoms with Gasteiger partial charge in [0.05, 0.1) is 16.8 Å². The summed E-state index contributed by atoms with van der Waals surface area (Å²) in [6, 6.07) is 5.76. The van der Waals surface area contributed by atoms with E-state index >= 15 is 0 Å². The third-order valence-corrected chi connectivity index (χ3v) is 3.32. The smallest absolute Gasteiger partial charge is 0.117 e. The molecular formula is C11H15N3S. The minimum absolute atomic E-state index is 0.777. The molecule has 80 valence electrons. The van der Waals surface area contributed by atoms with Crippen LogP contribution < -0.4 is 5.73 Å². The molecule has 0 unspecified atom stereocenters. The quantitative estimate of drug-likeness (QED) is 0.616. The highest BCUT2D eigenvalue weighted by Gasteiger charge is 2.02. The van der Waals surface area contributed by atoms with Crippen molar-refractivity contribution >= 4 is 28.5 Å². The van der Waals surface area contributed by atoms with E-state index < -0.39 is 0 Å².